The minimum Gasteiger partial charge on any atom is -0.469 e. The molecule has 0 aliphatic carbocycles. The van der Waals surface area contributed by atoms with Crippen LogP contribution in [0.15, 0.2) is 0 Å². The minimum atomic E-state index is -0.0910. The molecule has 0 bridgehead atoms. The van der Waals surface area contributed by atoms with E-state index < -0.39 is 0 Å². The van der Waals surface area contributed by atoms with Gasteiger partial charge in [-0.1, -0.05) is 0 Å². The van der Waals surface area contributed by atoms with Gasteiger partial charge in [-0.2, -0.15) is 0 Å². The van der Waals surface area contributed by atoms with Crippen LogP contribution in [-0.2, 0) is 9.53 Å². The van der Waals surface area contributed by atoms with Crippen molar-refractivity contribution >= 4 is 5.97 Å². The maximum absolute atomic E-state index is 11.3. The number of nitrogens with zero attached hydrogens (tertiary/aromatic N) is 2. The molecule has 2 saturated heterocycles. The van der Waals surface area contributed by atoms with Crippen LogP contribution in [0.1, 0.15) is 39.0 Å². The van der Waals surface area contributed by atoms with Crippen molar-refractivity contribution in [2.45, 2.75) is 45.1 Å². The summed E-state index contributed by atoms with van der Waals surface area (Å²) in [6.45, 7) is 8.31. The molecule has 110 valence electrons. The van der Waals surface area contributed by atoms with Gasteiger partial charge in [0.2, 0.25) is 0 Å². The Kier molecular flexibility index (Phi) is 5.64. The van der Waals surface area contributed by atoms with Crippen LogP contribution in [0.3, 0.4) is 0 Å². The lowest BCUT2D eigenvalue weighted by molar-refractivity contribution is -0.142. The van der Waals surface area contributed by atoms with E-state index in [-0.39, 0.29) is 5.97 Å². The third-order valence-electron chi connectivity index (χ3n) is 4.68. The summed E-state index contributed by atoms with van der Waals surface area (Å²) < 4.78 is 4.75. The number of likely N-dealkylation sites (tertiary alicyclic amines) is 2. The zero-order valence-electron chi connectivity index (χ0n) is 12.4. The van der Waals surface area contributed by atoms with Crippen molar-refractivity contribution in [1.29, 1.82) is 0 Å². The number of hydrogen-bond acceptors (Lipinski definition) is 4. The van der Waals surface area contributed by atoms with Crippen LogP contribution in [0.5, 0.6) is 0 Å². The van der Waals surface area contributed by atoms with E-state index in [4.69, 9.17) is 4.74 Å². The second-order valence-electron chi connectivity index (χ2n) is 6.12. The fourth-order valence-electron chi connectivity index (χ4n) is 3.36. The van der Waals surface area contributed by atoms with Gasteiger partial charge in [-0.15, -0.1) is 0 Å². The molecule has 0 aromatic rings. The Morgan fingerprint density at radius 1 is 1.21 bits per heavy atom. The number of carbonyl (C=O) groups is 1. The van der Waals surface area contributed by atoms with E-state index in [0.29, 0.717) is 12.5 Å². The number of rotatable bonds is 5. The van der Waals surface area contributed by atoms with Gasteiger partial charge in [-0.3, -0.25) is 4.79 Å². The summed E-state index contributed by atoms with van der Waals surface area (Å²) in [6, 6.07) is 0.320. The number of esters is 1. The Morgan fingerprint density at radius 3 is 2.42 bits per heavy atom. The molecule has 0 aromatic carbocycles. The fraction of sp³-hybridized carbons (Fsp3) is 0.933. The summed E-state index contributed by atoms with van der Waals surface area (Å²) in [4.78, 5) is 16.4. The molecule has 2 heterocycles. The Bertz CT molecular complexity index is 282. The molecule has 2 aliphatic heterocycles. The van der Waals surface area contributed by atoms with Crippen LogP contribution in [0, 0.1) is 5.92 Å². The summed E-state index contributed by atoms with van der Waals surface area (Å²) in [5.74, 6) is 0.770. The highest BCUT2D eigenvalue weighted by molar-refractivity contribution is 5.69. The van der Waals surface area contributed by atoms with Gasteiger partial charge in [-0.25, -0.2) is 0 Å². The second-order valence-corrected chi connectivity index (χ2v) is 6.12. The maximum atomic E-state index is 11.3. The quantitative estimate of drug-likeness (QED) is 0.711. The Hall–Kier alpha value is -0.610. The van der Waals surface area contributed by atoms with Crippen LogP contribution in [0.25, 0.3) is 0 Å². The highest BCUT2D eigenvalue weighted by atomic mass is 16.5. The summed E-state index contributed by atoms with van der Waals surface area (Å²) in [7, 11) is 1.47. The van der Waals surface area contributed by atoms with Gasteiger partial charge in [0.05, 0.1) is 13.5 Å². The van der Waals surface area contributed by atoms with Crippen LogP contribution in [-0.4, -0.2) is 61.6 Å². The maximum Gasteiger partial charge on any atom is 0.307 e. The normalized spacial score (nSPS) is 24.5. The first-order valence-electron chi connectivity index (χ1n) is 7.72. The lowest BCUT2D eigenvalue weighted by atomic mass is 9.95. The van der Waals surface area contributed by atoms with Crippen molar-refractivity contribution in [2.24, 2.45) is 5.92 Å². The van der Waals surface area contributed by atoms with E-state index in [1.165, 1.54) is 52.4 Å². The number of carbonyl (C=O) groups excluding carboxylic acids is 1. The standard InChI is InChI=1S/C15H28N2O2/c1-13(11-15(18)19-2)17-9-5-14(6-10-17)12-16-7-3-4-8-16/h13-14H,3-12H2,1-2H3. The zero-order chi connectivity index (χ0) is 13.7. The van der Waals surface area contributed by atoms with Gasteiger partial charge in [0.15, 0.2) is 0 Å². The molecular weight excluding hydrogens is 240 g/mol. The van der Waals surface area contributed by atoms with Crippen LogP contribution >= 0.6 is 0 Å². The van der Waals surface area contributed by atoms with E-state index in [1.54, 1.807) is 0 Å². The van der Waals surface area contributed by atoms with E-state index in [2.05, 4.69) is 16.7 Å². The predicted molar refractivity (Wildman–Crippen MR) is 76.1 cm³/mol. The Labute approximate surface area is 117 Å². The Balaban J connectivity index is 1.67. The molecule has 0 amide bonds. The second kappa shape index (κ2) is 7.25. The molecule has 2 aliphatic rings. The minimum absolute atomic E-state index is 0.0910. The highest BCUT2D eigenvalue weighted by Crippen LogP contribution is 2.22. The van der Waals surface area contributed by atoms with Gasteiger partial charge < -0.3 is 14.5 Å². The van der Waals surface area contributed by atoms with Crippen molar-refractivity contribution < 1.29 is 9.53 Å². The molecule has 0 radical (unpaired) electrons. The average molecular weight is 268 g/mol. The summed E-state index contributed by atoms with van der Waals surface area (Å²) in [5.41, 5.74) is 0. The van der Waals surface area contributed by atoms with Crippen molar-refractivity contribution in [1.82, 2.24) is 9.80 Å². The molecule has 0 spiro atoms. The van der Waals surface area contributed by atoms with Gasteiger partial charge in [0.25, 0.3) is 0 Å². The number of piperidine rings is 1. The molecule has 0 N–H and O–H groups in total. The van der Waals surface area contributed by atoms with Gasteiger partial charge in [0, 0.05) is 12.6 Å². The molecule has 19 heavy (non-hydrogen) atoms. The first-order valence-corrected chi connectivity index (χ1v) is 7.72. The molecule has 1 atom stereocenters. The molecule has 0 aromatic heterocycles. The van der Waals surface area contributed by atoms with Crippen molar-refractivity contribution in [3.63, 3.8) is 0 Å². The topological polar surface area (TPSA) is 32.8 Å². The molecule has 1 unspecified atom stereocenters. The summed E-state index contributed by atoms with van der Waals surface area (Å²) >= 11 is 0. The predicted octanol–water partition coefficient (Wildman–Crippen LogP) is 1.75. The lowest BCUT2D eigenvalue weighted by Gasteiger charge is -2.36. The highest BCUT2D eigenvalue weighted by Gasteiger charge is 2.26. The van der Waals surface area contributed by atoms with Crippen LogP contribution in [0.2, 0.25) is 0 Å². The van der Waals surface area contributed by atoms with Gasteiger partial charge in [-0.05, 0) is 64.7 Å². The molecule has 4 heteroatoms. The molecule has 4 nitrogen and oxygen atoms in total. The first kappa shape index (κ1) is 14.8. The van der Waals surface area contributed by atoms with Crippen molar-refractivity contribution in [2.75, 3.05) is 39.8 Å². The fourth-order valence-corrected chi connectivity index (χ4v) is 3.36. The number of methoxy groups -OCH3 is 1. The Morgan fingerprint density at radius 2 is 1.84 bits per heavy atom. The lowest BCUT2D eigenvalue weighted by Crippen LogP contribution is -2.43. The molecule has 2 rings (SSSR count). The van der Waals surface area contributed by atoms with E-state index >= 15 is 0 Å². The molecule has 0 saturated carbocycles. The zero-order valence-corrected chi connectivity index (χ0v) is 12.4. The van der Waals surface area contributed by atoms with Crippen molar-refractivity contribution in [3.8, 4) is 0 Å². The molecule has 2 fully saturated rings. The third-order valence-corrected chi connectivity index (χ3v) is 4.68. The van der Waals surface area contributed by atoms with Gasteiger partial charge >= 0.3 is 5.97 Å². The largest absolute Gasteiger partial charge is 0.469 e. The van der Waals surface area contributed by atoms with Crippen molar-refractivity contribution in [3.05, 3.63) is 0 Å². The third kappa shape index (κ3) is 4.46. The monoisotopic (exact) mass is 268 g/mol. The average Bonchev–Trinajstić information content (AvgIpc) is 2.92. The first-order chi connectivity index (χ1) is 9.19. The number of hydrogen-bond donors (Lipinski definition) is 0. The van der Waals surface area contributed by atoms with E-state index in [1.807, 2.05) is 0 Å². The van der Waals surface area contributed by atoms with Crippen LogP contribution < -0.4 is 0 Å². The smallest absolute Gasteiger partial charge is 0.307 e. The van der Waals surface area contributed by atoms with E-state index in [9.17, 15) is 4.79 Å². The number of ether oxygens (including phenoxy) is 1. The van der Waals surface area contributed by atoms with E-state index in [0.717, 1.165) is 19.0 Å². The molecular formula is C15H28N2O2. The SMILES string of the molecule is COC(=O)CC(C)N1CCC(CN2CCCC2)CC1. The summed E-state index contributed by atoms with van der Waals surface area (Å²) in [5, 5.41) is 0. The van der Waals surface area contributed by atoms with Crippen LogP contribution in [0.4, 0.5) is 0 Å². The summed E-state index contributed by atoms with van der Waals surface area (Å²) in [6.07, 6.45) is 5.85. The van der Waals surface area contributed by atoms with Gasteiger partial charge in [0.1, 0.15) is 0 Å².